The van der Waals surface area contributed by atoms with Gasteiger partial charge in [0, 0.05) is 44.3 Å². The summed E-state index contributed by atoms with van der Waals surface area (Å²) in [6, 6.07) is 6.05. The highest BCUT2D eigenvalue weighted by atomic mass is 32.1. The van der Waals surface area contributed by atoms with Gasteiger partial charge in [0.1, 0.15) is 0 Å². The highest BCUT2D eigenvalue weighted by Crippen LogP contribution is 2.28. The van der Waals surface area contributed by atoms with Crippen LogP contribution in [0.3, 0.4) is 0 Å². The summed E-state index contributed by atoms with van der Waals surface area (Å²) in [5.41, 5.74) is 7.45. The van der Waals surface area contributed by atoms with E-state index in [0.29, 0.717) is 18.4 Å². The van der Waals surface area contributed by atoms with Crippen LogP contribution in [0.4, 0.5) is 5.13 Å². The molecule has 1 unspecified atom stereocenters. The van der Waals surface area contributed by atoms with Crippen LogP contribution in [0.5, 0.6) is 11.5 Å². The second-order valence-electron chi connectivity index (χ2n) is 6.99. The van der Waals surface area contributed by atoms with Crippen molar-refractivity contribution in [2.75, 3.05) is 51.8 Å². The van der Waals surface area contributed by atoms with Crippen molar-refractivity contribution in [2.24, 2.45) is 16.6 Å². The van der Waals surface area contributed by atoms with Crippen molar-refractivity contribution in [3.63, 3.8) is 0 Å². The van der Waals surface area contributed by atoms with Gasteiger partial charge in [0.2, 0.25) is 0 Å². The van der Waals surface area contributed by atoms with Crippen molar-refractivity contribution in [2.45, 2.75) is 13.3 Å². The maximum atomic E-state index is 6.25. The van der Waals surface area contributed by atoms with Crippen LogP contribution in [-0.2, 0) is 6.42 Å². The van der Waals surface area contributed by atoms with Gasteiger partial charge in [-0.2, -0.15) is 0 Å². The molecule has 28 heavy (non-hydrogen) atoms. The van der Waals surface area contributed by atoms with E-state index >= 15 is 0 Å². The van der Waals surface area contributed by atoms with Gasteiger partial charge in [-0.15, -0.1) is 11.3 Å². The van der Waals surface area contributed by atoms with Gasteiger partial charge in [-0.3, -0.25) is 4.99 Å². The zero-order chi connectivity index (χ0) is 19.9. The summed E-state index contributed by atoms with van der Waals surface area (Å²) in [6.45, 7) is 6.48. The average molecular weight is 404 g/mol. The first-order valence-corrected chi connectivity index (χ1v) is 10.4. The summed E-state index contributed by atoms with van der Waals surface area (Å²) in [5, 5.41) is 3.09. The molecule has 0 bridgehead atoms. The molecule has 1 aromatic heterocycles. The van der Waals surface area contributed by atoms with Crippen LogP contribution in [0, 0.1) is 5.92 Å². The SMILES string of the molecule is COc1ccc(CC(C)CN=C(N)N2CCN(c3nccs3)CC2)cc1OC. The molecule has 8 heteroatoms. The average Bonchev–Trinajstić information content (AvgIpc) is 3.27. The standard InChI is InChI=1S/C20H29N5O2S/c1-15(12-16-4-5-17(26-2)18(13-16)27-3)14-23-19(21)24-7-9-25(10-8-24)20-22-6-11-28-20/h4-6,11,13,15H,7-10,12,14H2,1-3H3,(H2,21,23). The monoisotopic (exact) mass is 403 g/mol. The van der Waals surface area contributed by atoms with E-state index in [-0.39, 0.29) is 0 Å². The quantitative estimate of drug-likeness (QED) is 0.565. The van der Waals surface area contributed by atoms with E-state index in [1.54, 1.807) is 25.6 Å². The molecule has 7 nitrogen and oxygen atoms in total. The number of thiazole rings is 1. The topological polar surface area (TPSA) is 76.2 Å². The lowest BCUT2D eigenvalue weighted by Crippen LogP contribution is -2.51. The molecule has 1 saturated heterocycles. The molecule has 1 aliphatic rings. The Labute approximate surface area is 170 Å². The van der Waals surface area contributed by atoms with Gasteiger partial charge in [-0.25, -0.2) is 4.98 Å². The third-order valence-corrected chi connectivity index (χ3v) is 5.72. The Morgan fingerprint density at radius 2 is 1.96 bits per heavy atom. The minimum Gasteiger partial charge on any atom is -0.493 e. The molecule has 2 aromatic rings. The zero-order valence-electron chi connectivity index (χ0n) is 16.8. The van der Waals surface area contributed by atoms with E-state index in [2.05, 4.69) is 32.8 Å². The summed E-state index contributed by atoms with van der Waals surface area (Å²) in [7, 11) is 3.30. The molecule has 2 N–H and O–H groups in total. The lowest BCUT2D eigenvalue weighted by Gasteiger charge is -2.35. The van der Waals surface area contributed by atoms with Gasteiger partial charge < -0.3 is 25.0 Å². The Kier molecular flexibility index (Phi) is 6.97. The van der Waals surface area contributed by atoms with Crippen molar-refractivity contribution >= 4 is 22.4 Å². The number of hydrogen-bond acceptors (Lipinski definition) is 6. The molecular formula is C20H29N5O2S. The fourth-order valence-corrected chi connectivity index (χ4v) is 4.02. The van der Waals surface area contributed by atoms with Crippen LogP contribution >= 0.6 is 11.3 Å². The third-order valence-electron chi connectivity index (χ3n) is 4.89. The predicted molar refractivity (Wildman–Crippen MR) is 115 cm³/mol. The van der Waals surface area contributed by atoms with Crippen molar-refractivity contribution in [3.05, 3.63) is 35.3 Å². The van der Waals surface area contributed by atoms with E-state index in [4.69, 9.17) is 15.2 Å². The number of anilines is 1. The van der Waals surface area contributed by atoms with Gasteiger partial charge in [0.25, 0.3) is 0 Å². The number of benzene rings is 1. The van der Waals surface area contributed by atoms with Gasteiger partial charge in [-0.05, 0) is 30.0 Å². The molecule has 1 fully saturated rings. The maximum absolute atomic E-state index is 6.25. The lowest BCUT2D eigenvalue weighted by molar-refractivity contribution is 0.354. The van der Waals surface area contributed by atoms with E-state index in [1.807, 2.05) is 23.7 Å². The highest BCUT2D eigenvalue weighted by Gasteiger charge is 2.20. The van der Waals surface area contributed by atoms with Crippen LogP contribution in [0.25, 0.3) is 0 Å². The zero-order valence-corrected chi connectivity index (χ0v) is 17.6. The molecule has 1 aromatic carbocycles. The first-order chi connectivity index (χ1) is 13.6. The van der Waals surface area contributed by atoms with Crippen molar-refractivity contribution < 1.29 is 9.47 Å². The molecule has 3 rings (SSSR count). The van der Waals surface area contributed by atoms with E-state index in [1.165, 1.54) is 5.56 Å². The Morgan fingerprint density at radius 1 is 1.21 bits per heavy atom. The molecule has 2 heterocycles. The first kappa shape index (κ1) is 20.3. The number of nitrogens with two attached hydrogens (primary N) is 1. The van der Waals surface area contributed by atoms with Gasteiger partial charge in [0.15, 0.2) is 22.6 Å². The number of rotatable bonds is 7. The Bertz CT molecular complexity index is 773. The first-order valence-electron chi connectivity index (χ1n) is 9.51. The molecular weight excluding hydrogens is 374 g/mol. The summed E-state index contributed by atoms with van der Waals surface area (Å²) < 4.78 is 10.7. The number of piperazine rings is 1. The van der Waals surface area contributed by atoms with E-state index < -0.39 is 0 Å². The van der Waals surface area contributed by atoms with E-state index in [0.717, 1.165) is 49.2 Å². The Hall–Kier alpha value is -2.48. The number of aromatic nitrogens is 1. The maximum Gasteiger partial charge on any atom is 0.191 e. The molecule has 0 saturated carbocycles. The minimum absolute atomic E-state index is 0.383. The second-order valence-corrected chi connectivity index (χ2v) is 7.86. The van der Waals surface area contributed by atoms with Crippen LogP contribution in [0.1, 0.15) is 12.5 Å². The normalized spacial score (nSPS) is 16.2. The lowest BCUT2D eigenvalue weighted by atomic mass is 10.0. The fraction of sp³-hybridized carbons (Fsp3) is 0.500. The molecule has 1 aliphatic heterocycles. The fourth-order valence-electron chi connectivity index (χ4n) is 3.32. The molecule has 0 amide bonds. The number of hydrogen-bond donors (Lipinski definition) is 1. The highest BCUT2D eigenvalue weighted by molar-refractivity contribution is 7.13. The summed E-state index contributed by atoms with van der Waals surface area (Å²) >= 11 is 1.68. The molecule has 152 valence electrons. The van der Waals surface area contributed by atoms with Gasteiger partial charge in [0.05, 0.1) is 14.2 Å². The molecule has 1 atom stereocenters. The van der Waals surface area contributed by atoms with Crippen LogP contribution in [0.15, 0.2) is 34.8 Å². The van der Waals surface area contributed by atoms with Crippen molar-refractivity contribution in [1.29, 1.82) is 0 Å². The summed E-state index contributed by atoms with van der Waals surface area (Å²) in [5.74, 6) is 2.53. The van der Waals surface area contributed by atoms with Crippen molar-refractivity contribution in [1.82, 2.24) is 9.88 Å². The Balaban J connectivity index is 1.49. The van der Waals surface area contributed by atoms with Crippen LogP contribution < -0.4 is 20.1 Å². The molecule has 0 aliphatic carbocycles. The largest absolute Gasteiger partial charge is 0.493 e. The number of guanidine groups is 1. The third kappa shape index (κ3) is 5.07. The minimum atomic E-state index is 0.383. The Morgan fingerprint density at radius 3 is 2.61 bits per heavy atom. The number of methoxy groups -OCH3 is 2. The van der Waals surface area contributed by atoms with E-state index in [9.17, 15) is 0 Å². The number of ether oxygens (including phenoxy) is 2. The molecule has 0 radical (unpaired) electrons. The summed E-state index contributed by atoms with van der Waals surface area (Å²) in [4.78, 5) is 13.5. The van der Waals surface area contributed by atoms with Crippen LogP contribution in [0.2, 0.25) is 0 Å². The van der Waals surface area contributed by atoms with Crippen molar-refractivity contribution in [3.8, 4) is 11.5 Å². The number of nitrogens with zero attached hydrogens (tertiary/aromatic N) is 4. The second kappa shape index (κ2) is 9.64. The van der Waals surface area contributed by atoms with Crippen LogP contribution in [-0.4, -0.2) is 62.8 Å². The predicted octanol–water partition coefficient (Wildman–Crippen LogP) is 2.48. The number of aliphatic imine (C=N–C) groups is 1. The smallest absolute Gasteiger partial charge is 0.191 e. The summed E-state index contributed by atoms with van der Waals surface area (Å²) in [6.07, 6.45) is 2.76. The molecule has 0 spiro atoms. The van der Waals surface area contributed by atoms with Gasteiger partial charge >= 0.3 is 0 Å². The van der Waals surface area contributed by atoms with Gasteiger partial charge in [-0.1, -0.05) is 13.0 Å².